The standard InChI is InChI=1S/C15H19ClFNO2/c16-14-9-13(17)4-3-12(14)10-18-6-1-2-11(5-7-18)8-15(19)20/h3-4,9,11H,1-2,5-8,10H2,(H,19,20)/t11-/m1/s1. The van der Waals surface area contributed by atoms with Crippen molar-refractivity contribution < 1.29 is 14.3 Å². The molecule has 1 aliphatic heterocycles. The normalized spacial score (nSPS) is 20.6. The van der Waals surface area contributed by atoms with E-state index in [0.29, 0.717) is 11.6 Å². The quantitative estimate of drug-likeness (QED) is 0.924. The lowest BCUT2D eigenvalue weighted by Crippen LogP contribution is -2.24. The lowest BCUT2D eigenvalue weighted by Gasteiger charge is -2.20. The van der Waals surface area contributed by atoms with Crippen molar-refractivity contribution in [3.8, 4) is 0 Å². The Balaban J connectivity index is 1.92. The molecule has 0 spiro atoms. The van der Waals surface area contributed by atoms with Gasteiger partial charge in [0.05, 0.1) is 0 Å². The Kier molecular flexibility index (Phi) is 5.38. The molecule has 1 heterocycles. The first-order valence-electron chi connectivity index (χ1n) is 6.92. The Bertz CT molecular complexity index is 481. The van der Waals surface area contributed by atoms with Gasteiger partial charge in [-0.1, -0.05) is 17.7 Å². The molecule has 1 fully saturated rings. The fraction of sp³-hybridized carbons (Fsp3) is 0.533. The van der Waals surface area contributed by atoms with Gasteiger partial charge in [0.25, 0.3) is 0 Å². The van der Waals surface area contributed by atoms with Gasteiger partial charge < -0.3 is 5.11 Å². The molecule has 1 N–H and O–H groups in total. The Morgan fingerprint density at radius 2 is 2.20 bits per heavy atom. The van der Waals surface area contributed by atoms with Gasteiger partial charge in [-0.25, -0.2) is 4.39 Å². The third kappa shape index (κ3) is 4.46. The van der Waals surface area contributed by atoms with Crippen LogP contribution in [0.5, 0.6) is 0 Å². The summed E-state index contributed by atoms with van der Waals surface area (Å²) in [5, 5.41) is 9.31. The molecule has 3 nitrogen and oxygen atoms in total. The number of carboxylic acids is 1. The second kappa shape index (κ2) is 7.04. The predicted molar refractivity (Wildman–Crippen MR) is 76.3 cm³/mol. The molecule has 0 aromatic heterocycles. The lowest BCUT2D eigenvalue weighted by atomic mass is 9.97. The van der Waals surface area contributed by atoms with E-state index in [9.17, 15) is 9.18 Å². The van der Waals surface area contributed by atoms with E-state index in [-0.39, 0.29) is 18.2 Å². The van der Waals surface area contributed by atoms with Gasteiger partial charge in [0, 0.05) is 18.0 Å². The first kappa shape index (κ1) is 15.3. The van der Waals surface area contributed by atoms with E-state index < -0.39 is 5.97 Å². The maximum Gasteiger partial charge on any atom is 0.303 e. The zero-order valence-corrected chi connectivity index (χ0v) is 12.1. The van der Waals surface area contributed by atoms with Crippen molar-refractivity contribution in [1.82, 2.24) is 4.90 Å². The van der Waals surface area contributed by atoms with Crippen LogP contribution in [0, 0.1) is 11.7 Å². The van der Waals surface area contributed by atoms with Crippen molar-refractivity contribution in [1.29, 1.82) is 0 Å². The third-order valence-electron chi connectivity index (χ3n) is 3.81. The van der Waals surface area contributed by atoms with E-state index in [4.69, 9.17) is 16.7 Å². The minimum absolute atomic E-state index is 0.255. The molecule has 0 radical (unpaired) electrons. The summed E-state index contributed by atoms with van der Waals surface area (Å²) in [6, 6.07) is 4.48. The molecule has 110 valence electrons. The number of benzene rings is 1. The molecule has 1 aromatic carbocycles. The van der Waals surface area contributed by atoms with Gasteiger partial charge in [-0.2, -0.15) is 0 Å². The Labute approximate surface area is 123 Å². The highest BCUT2D eigenvalue weighted by Gasteiger charge is 2.19. The van der Waals surface area contributed by atoms with Gasteiger partial charge in [0.15, 0.2) is 0 Å². The third-order valence-corrected chi connectivity index (χ3v) is 4.16. The molecule has 20 heavy (non-hydrogen) atoms. The van der Waals surface area contributed by atoms with Crippen molar-refractivity contribution in [2.75, 3.05) is 13.1 Å². The second-order valence-electron chi connectivity index (χ2n) is 5.41. The number of rotatable bonds is 4. The van der Waals surface area contributed by atoms with Gasteiger partial charge in [-0.3, -0.25) is 9.69 Å². The van der Waals surface area contributed by atoms with Crippen molar-refractivity contribution in [2.24, 2.45) is 5.92 Å². The van der Waals surface area contributed by atoms with Crippen molar-refractivity contribution in [3.63, 3.8) is 0 Å². The van der Waals surface area contributed by atoms with Crippen LogP contribution in [0.3, 0.4) is 0 Å². The molecule has 0 saturated carbocycles. The number of aliphatic carboxylic acids is 1. The summed E-state index contributed by atoms with van der Waals surface area (Å²) < 4.78 is 13.0. The van der Waals surface area contributed by atoms with Gasteiger partial charge in [0.2, 0.25) is 0 Å². The van der Waals surface area contributed by atoms with Crippen LogP contribution >= 0.6 is 11.6 Å². The minimum Gasteiger partial charge on any atom is -0.481 e. The van der Waals surface area contributed by atoms with Crippen molar-refractivity contribution in [3.05, 3.63) is 34.6 Å². The molecule has 0 amide bonds. The highest BCUT2D eigenvalue weighted by molar-refractivity contribution is 6.31. The fourth-order valence-corrected chi connectivity index (χ4v) is 2.95. The first-order valence-corrected chi connectivity index (χ1v) is 7.30. The smallest absolute Gasteiger partial charge is 0.303 e. The van der Waals surface area contributed by atoms with Gasteiger partial charge in [-0.15, -0.1) is 0 Å². The topological polar surface area (TPSA) is 40.5 Å². The SMILES string of the molecule is O=C(O)C[C@@H]1CCCN(Cc2ccc(F)cc2Cl)CC1. The molecule has 0 aliphatic carbocycles. The minimum atomic E-state index is -0.718. The Hall–Kier alpha value is -1.13. The molecule has 2 rings (SSSR count). The Morgan fingerprint density at radius 1 is 1.40 bits per heavy atom. The zero-order valence-electron chi connectivity index (χ0n) is 11.3. The monoisotopic (exact) mass is 299 g/mol. The van der Waals surface area contributed by atoms with Crippen LogP contribution in [-0.4, -0.2) is 29.1 Å². The van der Waals surface area contributed by atoms with Crippen LogP contribution in [-0.2, 0) is 11.3 Å². The number of likely N-dealkylation sites (tertiary alicyclic amines) is 1. The molecular weight excluding hydrogens is 281 g/mol. The van der Waals surface area contributed by atoms with E-state index in [0.717, 1.165) is 37.9 Å². The average Bonchev–Trinajstić information content (AvgIpc) is 2.58. The van der Waals surface area contributed by atoms with Crippen LogP contribution in [0.1, 0.15) is 31.2 Å². The molecule has 1 aromatic rings. The maximum absolute atomic E-state index is 13.0. The highest BCUT2D eigenvalue weighted by Crippen LogP contribution is 2.24. The summed E-state index contributed by atoms with van der Waals surface area (Å²) in [4.78, 5) is 13.0. The van der Waals surface area contributed by atoms with E-state index in [2.05, 4.69) is 4.90 Å². The summed E-state index contributed by atoms with van der Waals surface area (Å²) in [5.41, 5.74) is 0.921. The first-order chi connectivity index (χ1) is 9.54. The van der Waals surface area contributed by atoms with Crippen LogP contribution in [0.2, 0.25) is 5.02 Å². The number of hydrogen-bond acceptors (Lipinski definition) is 2. The van der Waals surface area contributed by atoms with Gasteiger partial charge in [-0.05, 0) is 56.0 Å². The maximum atomic E-state index is 13.0. The summed E-state index contributed by atoms with van der Waals surface area (Å²) in [7, 11) is 0. The lowest BCUT2D eigenvalue weighted by molar-refractivity contribution is -0.138. The number of halogens is 2. The summed E-state index contributed by atoms with van der Waals surface area (Å²) in [6.07, 6.45) is 3.10. The number of carboxylic acid groups (broad SMARTS) is 1. The molecular formula is C15H19ClFNO2. The second-order valence-corrected chi connectivity index (χ2v) is 5.81. The predicted octanol–water partition coefficient (Wildman–Crippen LogP) is 3.56. The summed E-state index contributed by atoms with van der Waals surface area (Å²) in [5.74, 6) is -0.776. The number of hydrogen-bond donors (Lipinski definition) is 1. The molecule has 1 saturated heterocycles. The molecule has 1 atom stereocenters. The molecule has 1 aliphatic rings. The van der Waals surface area contributed by atoms with Crippen LogP contribution in [0.4, 0.5) is 4.39 Å². The van der Waals surface area contributed by atoms with E-state index in [1.165, 1.54) is 12.1 Å². The molecule has 5 heteroatoms. The van der Waals surface area contributed by atoms with Crippen molar-refractivity contribution >= 4 is 17.6 Å². The number of carbonyl (C=O) groups is 1. The zero-order chi connectivity index (χ0) is 14.5. The molecule has 0 unspecified atom stereocenters. The van der Waals surface area contributed by atoms with E-state index in [1.807, 2.05) is 0 Å². The fourth-order valence-electron chi connectivity index (χ4n) is 2.72. The largest absolute Gasteiger partial charge is 0.481 e. The van der Waals surface area contributed by atoms with Crippen molar-refractivity contribution in [2.45, 2.75) is 32.2 Å². The summed E-state index contributed by atoms with van der Waals surface area (Å²) in [6.45, 7) is 2.49. The average molecular weight is 300 g/mol. The van der Waals surface area contributed by atoms with E-state index in [1.54, 1.807) is 6.07 Å². The molecule has 0 bridgehead atoms. The van der Waals surface area contributed by atoms with Crippen LogP contribution in [0.15, 0.2) is 18.2 Å². The van der Waals surface area contributed by atoms with Gasteiger partial charge in [0.1, 0.15) is 5.82 Å². The highest BCUT2D eigenvalue weighted by atomic mass is 35.5. The van der Waals surface area contributed by atoms with Crippen LogP contribution < -0.4 is 0 Å². The van der Waals surface area contributed by atoms with Crippen LogP contribution in [0.25, 0.3) is 0 Å². The van der Waals surface area contributed by atoms with Gasteiger partial charge >= 0.3 is 5.97 Å². The van der Waals surface area contributed by atoms with E-state index >= 15 is 0 Å². The number of nitrogens with zero attached hydrogens (tertiary/aromatic N) is 1. The summed E-state index contributed by atoms with van der Waals surface area (Å²) >= 11 is 6.04. The Morgan fingerprint density at radius 3 is 2.90 bits per heavy atom.